The van der Waals surface area contributed by atoms with Crippen LogP contribution < -0.4 is 0 Å². The van der Waals surface area contributed by atoms with Gasteiger partial charge in [0.05, 0.1) is 5.41 Å². The zero-order chi connectivity index (χ0) is 21.9. The average molecular weight is 396 g/mol. The van der Waals surface area contributed by atoms with Crippen LogP contribution in [0, 0.1) is 23.2 Å². The predicted octanol–water partition coefficient (Wildman–Crippen LogP) is 3.06. The van der Waals surface area contributed by atoms with Crippen LogP contribution >= 0.6 is 0 Å². The minimum atomic E-state index is -0.981. The second-order valence-electron chi connectivity index (χ2n) is 7.13. The maximum atomic E-state index is 11.3. The largest absolute Gasteiger partial charge is 0.481 e. The number of carboxylic acid groups (broad SMARTS) is 4. The van der Waals surface area contributed by atoms with Crippen molar-refractivity contribution in [2.45, 2.75) is 38.5 Å². The first-order valence-corrected chi connectivity index (χ1v) is 8.79. The summed E-state index contributed by atoms with van der Waals surface area (Å²) in [5, 5.41) is 32.1. The van der Waals surface area contributed by atoms with Gasteiger partial charge in [-0.15, -0.1) is 0 Å². The van der Waals surface area contributed by atoms with E-state index in [-0.39, 0.29) is 5.41 Å². The number of aliphatic carboxylic acids is 4. The highest BCUT2D eigenvalue weighted by atomic mass is 16.4. The van der Waals surface area contributed by atoms with Crippen molar-refractivity contribution >= 4 is 23.9 Å². The smallest absolute Gasteiger partial charge is 0.327 e. The van der Waals surface area contributed by atoms with Crippen LogP contribution in [0.1, 0.15) is 38.5 Å². The number of carbonyl (C=O) groups is 4. The summed E-state index contributed by atoms with van der Waals surface area (Å²) in [7, 11) is 0. The summed E-state index contributed by atoms with van der Waals surface area (Å²) in [4.78, 5) is 39.0. The van der Waals surface area contributed by atoms with E-state index in [2.05, 4.69) is 19.7 Å². The molecule has 0 radical (unpaired) electrons. The summed E-state index contributed by atoms with van der Waals surface area (Å²) >= 11 is 0. The van der Waals surface area contributed by atoms with Gasteiger partial charge in [0.2, 0.25) is 0 Å². The van der Waals surface area contributed by atoms with Gasteiger partial charge in [-0.1, -0.05) is 19.7 Å². The molecule has 4 saturated carbocycles. The zero-order valence-electron chi connectivity index (χ0n) is 15.7. The lowest BCUT2D eigenvalue weighted by Crippen LogP contribution is -2.49. The minimum absolute atomic E-state index is 0.283. The van der Waals surface area contributed by atoms with Gasteiger partial charge in [-0.25, -0.2) is 14.4 Å². The van der Waals surface area contributed by atoms with Crippen molar-refractivity contribution in [3.8, 4) is 0 Å². The Morgan fingerprint density at radius 2 is 0.857 bits per heavy atom. The van der Waals surface area contributed by atoms with Gasteiger partial charge < -0.3 is 20.4 Å². The Kier molecular flexibility index (Phi) is 10.5. The Bertz CT molecular complexity index is 542. The molecule has 4 rings (SSSR count). The molecule has 4 fully saturated rings. The second-order valence-corrected chi connectivity index (χ2v) is 7.13. The molecule has 0 aliphatic heterocycles. The van der Waals surface area contributed by atoms with E-state index in [1.807, 2.05) is 0 Å². The molecule has 0 saturated heterocycles. The fourth-order valence-electron chi connectivity index (χ4n) is 4.37. The van der Waals surface area contributed by atoms with Crippen molar-refractivity contribution in [2.24, 2.45) is 23.2 Å². The highest BCUT2D eigenvalue weighted by Crippen LogP contribution is 2.59. The van der Waals surface area contributed by atoms with E-state index < -0.39 is 23.9 Å². The average Bonchev–Trinajstić information content (AvgIpc) is 2.62. The van der Waals surface area contributed by atoms with Crippen LogP contribution in [-0.2, 0) is 19.2 Å². The molecular formula is C20H28O8. The van der Waals surface area contributed by atoms with Gasteiger partial charge in [0, 0.05) is 18.2 Å². The normalized spacial score (nSPS) is 27.8. The second kappa shape index (κ2) is 11.7. The first-order chi connectivity index (χ1) is 13.0. The molecule has 28 heavy (non-hydrogen) atoms. The van der Waals surface area contributed by atoms with Crippen molar-refractivity contribution in [3.63, 3.8) is 0 Å². The Morgan fingerprint density at radius 3 is 1.00 bits per heavy atom. The Balaban J connectivity index is 0.000000411. The van der Waals surface area contributed by atoms with Gasteiger partial charge in [-0.2, -0.15) is 0 Å². The molecule has 0 amide bonds. The summed E-state index contributed by atoms with van der Waals surface area (Å²) < 4.78 is 0. The van der Waals surface area contributed by atoms with Crippen LogP contribution in [-0.4, -0.2) is 44.3 Å². The summed E-state index contributed by atoms with van der Waals surface area (Å²) in [6.07, 6.45) is 9.42. The van der Waals surface area contributed by atoms with Gasteiger partial charge in [0.25, 0.3) is 0 Å². The molecule has 4 aliphatic rings. The first-order valence-electron chi connectivity index (χ1n) is 8.79. The maximum absolute atomic E-state index is 11.3. The molecule has 4 N–H and O–H groups in total. The lowest BCUT2D eigenvalue weighted by Gasteiger charge is -2.54. The quantitative estimate of drug-likeness (QED) is 0.530. The van der Waals surface area contributed by atoms with E-state index >= 15 is 0 Å². The molecule has 0 spiro atoms. The molecule has 4 bridgehead atoms. The number of carboxylic acids is 4. The molecule has 0 unspecified atom stereocenters. The van der Waals surface area contributed by atoms with Crippen molar-refractivity contribution in [2.75, 3.05) is 0 Å². The van der Waals surface area contributed by atoms with Crippen molar-refractivity contribution in [1.82, 2.24) is 0 Å². The summed E-state index contributed by atoms with van der Waals surface area (Å²) in [6.45, 7) is 8.88. The van der Waals surface area contributed by atoms with Crippen LogP contribution in [0.15, 0.2) is 38.0 Å². The van der Waals surface area contributed by atoms with Gasteiger partial charge in [-0.05, 0) is 56.3 Å². The van der Waals surface area contributed by atoms with E-state index in [1.165, 1.54) is 19.3 Å². The Labute approximate surface area is 163 Å². The summed E-state index contributed by atoms with van der Waals surface area (Å²) in [6, 6.07) is 0. The topological polar surface area (TPSA) is 149 Å². The summed E-state index contributed by atoms with van der Waals surface area (Å²) in [5.74, 6) is -1.20. The van der Waals surface area contributed by atoms with Crippen LogP contribution in [0.2, 0.25) is 0 Å². The van der Waals surface area contributed by atoms with E-state index in [0.717, 1.165) is 55.2 Å². The molecule has 0 aromatic carbocycles. The SMILES string of the molecule is C=CC(=O)O.C=CC(=O)O.C=CC(=O)O.O=C(O)C12CC3CC(CC(C3)C1)C2. The maximum Gasteiger partial charge on any atom is 0.327 e. The van der Waals surface area contributed by atoms with Gasteiger partial charge in [0.1, 0.15) is 0 Å². The van der Waals surface area contributed by atoms with Crippen LogP contribution in [0.4, 0.5) is 0 Å². The fraction of sp³-hybridized carbons (Fsp3) is 0.500. The summed E-state index contributed by atoms with van der Waals surface area (Å²) in [5.41, 5.74) is -0.283. The van der Waals surface area contributed by atoms with Crippen molar-refractivity contribution in [3.05, 3.63) is 38.0 Å². The molecule has 0 aromatic rings. The number of rotatable bonds is 4. The highest BCUT2D eigenvalue weighted by molar-refractivity contribution is 5.79. The van der Waals surface area contributed by atoms with Crippen LogP contribution in [0.25, 0.3) is 0 Å². The monoisotopic (exact) mass is 396 g/mol. The molecule has 8 heteroatoms. The molecular weight excluding hydrogens is 368 g/mol. The van der Waals surface area contributed by atoms with Crippen LogP contribution in [0.3, 0.4) is 0 Å². The standard InChI is InChI=1S/C11H16O2.3C3H4O2/c12-10(13)11-4-7-1-8(5-11)3-9(2-7)6-11;3*1-2-3(4)5/h7-9H,1-6H2,(H,12,13);3*2H,1H2,(H,4,5). The van der Waals surface area contributed by atoms with E-state index in [1.54, 1.807) is 0 Å². The minimum Gasteiger partial charge on any atom is -0.481 e. The third-order valence-corrected chi connectivity index (χ3v) is 5.02. The fourth-order valence-corrected chi connectivity index (χ4v) is 4.37. The number of hydrogen-bond acceptors (Lipinski definition) is 4. The van der Waals surface area contributed by atoms with E-state index in [9.17, 15) is 24.3 Å². The van der Waals surface area contributed by atoms with Crippen molar-refractivity contribution in [1.29, 1.82) is 0 Å². The van der Waals surface area contributed by atoms with Crippen LogP contribution in [0.5, 0.6) is 0 Å². The molecule has 0 heterocycles. The Morgan fingerprint density at radius 1 is 0.643 bits per heavy atom. The van der Waals surface area contributed by atoms with Crippen molar-refractivity contribution < 1.29 is 39.6 Å². The van der Waals surface area contributed by atoms with Gasteiger partial charge >= 0.3 is 23.9 Å². The molecule has 8 nitrogen and oxygen atoms in total. The lowest BCUT2D eigenvalue weighted by molar-refractivity contribution is -0.164. The van der Waals surface area contributed by atoms with E-state index in [4.69, 9.17) is 15.3 Å². The molecule has 4 aliphatic carbocycles. The lowest BCUT2D eigenvalue weighted by atomic mass is 9.49. The van der Waals surface area contributed by atoms with Gasteiger partial charge in [0.15, 0.2) is 0 Å². The molecule has 0 aromatic heterocycles. The highest BCUT2D eigenvalue weighted by Gasteiger charge is 2.54. The predicted molar refractivity (Wildman–Crippen MR) is 102 cm³/mol. The van der Waals surface area contributed by atoms with E-state index in [0.29, 0.717) is 0 Å². The molecule has 156 valence electrons. The number of hydrogen-bond donors (Lipinski definition) is 4. The first kappa shape index (κ1) is 25.1. The molecule has 0 atom stereocenters. The third kappa shape index (κ3) is 8.66. The third-order valence-electron chi connectivity index (χ3n) is 5.02. The zero-order valence-corrected chi connectivity index (χ0v) is 15.7. The Hall–Kier alpha value is -2.90. The van der Waals surface area contributed by atoms with Gasteiger partial charge in [-0.3, -0.25) is 4.79 Å².